The van der Waals surface area contributed by atoms with Crippen molar-refractivity contribution in [3.8, 4) is 0 Å². The van der Waals surface area contributed by atoms with Gasteiger partial charge in [-0.05, 0) is 0 Å². The number of hydrogen-bond donors (Lipinski definition) is 0. The monoisotopic (exact) mass is 390 g/mol. The minimum atomic E-state index is 0. The van der Waals surface area contributed by atoms with Gasteiger partial charge >= 0.3 is 16.8 Å². The summed E-state index contributed by atoms with van der Waals surface area (Å²) >= 11 is 0. The molecule has 6 heteroatoms. The molecule has 0 aliphatic carbocycles. The van der Waals surface area contributed by atoms with E-state index < -0.39 is 0 Å². The van der Waals surface area contributed by atoms with E-state index in [0.717, 1.165) is 0 Å². The van der Waals surface area contributed by atoms with Crippen LogP contribution in [0.4, 0.5) is 0 Å². The molecule has 3 aromatic rings. The molecule has 0 fully saturated rings. The van der Waals surface area contributed by atoms with Crippen LogP contribution >= 0.6 is 0 Å². The van der Waals surface area contributed by atoms with Crippen LogP contribution < -0.4 is 24.8 Å². The Kier molecular flexibility index (Phi) is 36.2. The predicted octanol–water partition coefficient (Wildman–Crippen LogP) is -2.74. The molecule has 0 bridgehead atoms. The first-order valence-corrected chi connectivity index (χ1v) is 5.72. The molecule has 1 radical (unpaired) electrons. The molecular formula is C17H15Cl2CoN3-4. The Balaban J connectivity index is -0.000000105. The Morgan fingerprint density at radius 2 is 0.826 bits per heavy atom. The number of halogens is 2. The second kappa shape index (κ2) is 28.4. The summed E-state index contributed by atoms with van der Waals surface area (Å²) in [5.41, 5.74) is 0. The fraction of sp³-hybridized carbons (Fsp3) is 0. The standard InChI is InChI=1S/3C5H4N.C2H3.2ClH.Co/c3*1-2-4-6-5-3-1;1-2;;;/h3*1-4H;1H,2H2;2*1H;/q4*-1;;;+2/p-2. The van der Waals surface area contributed by atoms with Gasteiger partial charge in [-0.15, -0.1) is 0 Å². The number of aromatic nitrogens is 3. The fourth-order valence-corrected chi connectivity index (χ4v) is 0.832. The van der Waals surface area contributed by atoms with E-state index >= 15 is 0 Å². The van der Waals surface area contributed by atoms with E-state index in [2.05, 4.69) is 46.7 Å². The van der Waals surface area contributed by atoms with Crippen LogP contribution in [-0.4, -0.2) is 15.0 Å². The molecule has 23 heavy (non-hydrogen) atoms. The summed E-state index contributed by atoms with van der Waals surface area (Å²) in [4.78, 5) is 11.0. The molecule has 0 aliphatic rings. The van der Waals surface area contributed by atoms with E-state index in [1.54, 1.807) is 36.8 Å². The Morgan fingerprint density at radius 1 is 0.565 bits per heavy atom. The minimum Gasteiger partial charge on any atom is -1.00 e. The molecule has 0 N–H and O–H groups in total. The van der Waals surface area contributed by atoms with E-state index in [9.17, 15) is 0 Å². The zero-order valence-electron chi connectivity index (χ0n) is 12.1. The zero-order chi connectivity index (χ0) is 14.7. The minimum absolute atomic E-state index is 0. The molecule has 3 nitrogen and oxygen atoms in total. The van der Waals surface area contributed by atoms with E-state index in [4.69, 9.17) is 0 Å². The van der Waals surface area contributed by atoms with Crippen molar-refractivity contribution in [3.63, 3.8) is 0 Å². The van der Waals surface area contributed by atoms with Crippen molar-refractivity contribution in [3.05, 3.63) is 105 Å². The molecule has 3 aromatic heterocycles. The first-order valence-electron chi connectivity index (χ1n) is 5.72. The summed E-state index contributed by atoms with van der Waals surface area (Å²) in [6, 6.07) is 16.5. The third kappa shape index (κ3) is 25.6. The van der Waals surface area contributed by atoms with Crippen molar-refractivity contribution in [1.82, 2.24) is 15.0 Å². The fourth-order valence-electron chi connectivity index (χ4n) is 0.832. The molecule has 0 atom stereocenters. The molecule has 0 aromatic carbocycles. The number of pyridine rings is 3. The second-order valence-corrected chi connectivity index (χ2v) is 2.88. The molecule has 0 saturated heterocycles. The van der Waals surface area contributed by atoms with Gasteiger partial charge in [0.15, 0.2) is 0 Å². The summed E-state index contributed by atoms with van der Waals surface area (Å²) in [6.07, 6.45) is 13.0. The van der Waals surface area contributed by atoms with Crippen LogP contribution in [0.5, 0.6) is 0 Å². The van der Waals surface area contributed by atoms with Crippen molar-refractivity contribution in [1.29, 1.82) is 0 Å². The number of nitrogens with zero attached hydrogens (tertiary/aromatic N) is 3. The van der Waals surface area contributed by atoms with Crippen LogP contribution in [0.15, 0.2) is 79.8 Å². The van der Waals surface area contributed by atoms with Gasteiger partial charge < -0.3 is 46.3 Å². The molecule has 0 amide bonds. The zero-order valence-corrected chi connectivity index (χ0v) is 14.7. The third-order valence-corrected chi connectivity index (χ3v) is 1.55. The van der Waals surface area contributed by atoms with Gasteiger partial charge in [-0.1, -0.05) is 37.2 Å². The summed E-state index contributed by atoms with van der Waals surface area (Å²) in [5.74, 6) is 0. The van der Waals surface area contributed by atoms with Crippen molar-refractivity contribution >= 4 is 0 Å². The molecule has 0 spiro atoms. The van der Waals surface area contributed by atoms with Gasteiger partial charge in [-0.25, -0.2) is 0 Å². The van der Waals surface area contributed by atoms with Gasteiger partial charge in [0.1, 0.15) is 0 Å². The molecule has 0 unspecified atom stereocenters. The Morgan fingerprint density at radius 3 is 0.870 bits per heavy atom. The van der Waals surface area contributed by atoms with E-state index in [0.29, 0.717) is 0 Å². The average molecular weight is 391 g/mol. The van der Waals surface area contributed by atoms with Crippen LogP contribution in [0, 0.1) is 25.2 Å². The van der Waals surface area contributed by atoms with Crippen molar-refractivity contribution in [2.24, 2.45) is 0 Å². The summed E-state index contributed by atoms with van der Waals surface area (Å²) in [6.45, 7) is 7.00. The van der Waals surface area contributed by atoms with Crippen LogP contribution in [0.3, 0.4) is 0 Å². The van der Waals surface area contributed by atoms with Gasteiger partial charge in [0.05, 0.1) is 0 Å². The van der Waals surface area contributed by atoms with Gasteiger partial charge in [-0.2, -0.15) is 54.6 Å². The average Bonchev–Trinajstić information content (AvgIpc) is 2.62. The van der Waals surface area contributed by atoms with Gasteiger partial charge in [0, 0.05) is 0 Å². The second-order valence-electron chi connectivity index (χ2n) is 2.88. The Bertz CT molecular complexity index is 333. The maximum absolute atomic E-state index is 4.25. The Hall–Kier alpha value is -1.72. The van der Waals surface area contributed by atoms with Crippen LogP contribution in [-0.2, 0) is 16.8 Å². The van der Waals surface area contributed by atoms with Crippen molar-refractivity contribution in [2.75, 3.05) is 0 Å². The summed E-state index contributed by atoms with van der Waals surface area (Å²) in [5, 5.41) is 0. The normalized spacial score (nSPS) is 6.43. The van der Waals surface area contributed by atoms with Gasteiger partial charge in [0.25, 0.3) is 0 Å². The maximum atomic E-state index is 4.25. The van der Waals surface area contributed by atoms with Crippen molar-refractivity contribution in [2.45, 2.75) is 0 Å². The van der Waals surface area contributed by atoms with E-state index in [-0.39, 0.29) is 41.6 Å². The van der Waals surface area contributed by atoms with Gasteiger partial charge in [-0.3, -0.25) is 6.58 Å². The quantitative estimate of drug-likeness (QED) is 0.391. The summed E-state index contributed by atoms with van der Waals surface area (Å²) < 4.78 is 0. The van der Waals surface area contributed by atoms with Crippen LogP contribution in [0.2, 0.25) is 0 Å². The molecule has 3 heterocycles. The molecule has 0 saturated carbocycles. The summed E-state index contributed by atoms with van der Waals surface area (Å²) in [7, 11) is 0. The van der Waals surface area contributed by atoms with Crippen molar-refractivity contribution < 1.29 is 41.6 Å². The molecular weight excluding hydrogens is 376 g/mol. The first kappa shape index (κ1) is 29.3. The number of hydrogen-bond acceptors (Lipinski definition) is 3. The SMILES string of the molecule is [CH-]=C.[Cl-].[Cl-].[Co+2].[c-]1ccccn1.[c-]1ccccn1.[c-]1ccccn1. The maximum Gasteiger partial charge on any atom is 2.00 e. The topological polar surface area (TPSA) is 38.7 Å². The molecule has 3 rings (SSSR count). The number of rotatable bonds is 0. The van der Waals surface area contributed by atoms with Crippen LogP contribution in [0.25, 0.3) is 0 Å². The first-order chi connectivity index (χ1) is 10.0. The molecule has 125 valence electrons. The van der Waals surface area contributed by atoms with Crippen LogP contribution in [0.1, 0.15) is 0 Å². The Labute approximate surface area is 161 Å². The van der Waals surface area contributed by atoms with E-state index in [1.165, 1.54) is 0 Å². The largest absolute Gasteiger partial charge is 2.00 e. The van der Waals surface area contributed by atoms with E-state index in [1.807, 2.05) is 36.4 Å². The third-order valence-electron chi connectivity index (χ3n) is 1.55. The van der Waals surface area contributed by atoms with Gasteiger partial charge in [0.2, 0.25) is 0 Å². The smallest absolute Gasteiger partial charge is 1.00 e. The predicted molar refractivity (Wildman–Crippen MR) is 79.1 cm³/mol. The molecule has 0 aliphatic heterocycles.